The van der Waals surface area contributed by atoms with Crippen LogP contribution in [-0.2, 0) is 12.8 Å². The predicted molar refractivity (Wildman–Crippen MR) is 80.6 cm³/mol. The van der Waals surface area contributed by atoms with E-state index in [1.165, 1.54) is 17.7 Å². The fraction of sp³-hybridized carbons (Fsp3) is 0.294. The van der Waals surface area contributed by atoms with Crippen LogP contribution < -0.4 is 11.3 Å². The molecule has 0 heterocycles. The zero-order valence-electron chi connectivity index (χ0n) is 12.1. The maximum Gasteiger partial charge on any atom is 0.126 e. The number of hydrogen-bond acceptors (Lipinski definition) is 2. The van der Waals surface area contributed by atoms with E-state index in [0.29, 0.717) is 12.0 Å². The van der Waals surface area contributed by atoms with Crippen LogP contribution in [0.15, 0.2) is 42.5 Å². The lowest BCUT2D eigenvalue weighted by Gasteiger charge is -2.17. The van der Waals surface area contributed by atoms with Crippen LogP contribution in [0.1, 0.15) is 36.1 Å². The standard InChI is InChI=1S/C17H20F2N2/c1-2-3-12-4-6-14(7-5-12)17(21-20)10-13-8-15(18)11-16(19)9-13/h4-9,11,17,21H,2-3,10,20H2,1H3. The summed E-state index contributed by atoms with van der Waals surface area (Å²) in [6, 6.07) is 11.5. The Kier molecular flexibility index (Phi) is 5.42. The first-order chi connectivity index (χ1) is 10.1. The van der Waals surface area contributed by atoms with Crippen LogP contribution in [0.25, 0.3) is 0 Å². The van der Waals surface area contributed by atoms with Crippen LogP contribution in [0, 0.1) is 11.6 Å². The van der Waals surface area contributed by atoms with Crippen LogP contribution in [0.5, 0.6) is 0 Å². The summed E-state index contributed by atoms with van der Waals surface area (Å²) >= 11 is 0. The van der Waals surface area contributed by atoms with E-state index >= 15 is 0 Å². The molecule has 0 bridgehead atoms. The Bertz CT molecular complexity index is 562. The van der Waals surface area contributed by atoms with Gasteiger partial charge in [-0.15, -0.1) is 0 Å². The van der Waals surface area contributed by atoms with Gasteiger partial charge in [0.2, 0.25) is 0 Å². The lowest BCUT2D eigenvalue weighted by atomic mass is 9.97. The van der Waals surface area contributed by atoms with Gasteiger partial charge in [0, 0.05) is 12.1 Å². The topological polar surface area (TPSA) is 38.0 Å². The van der Waals surface area contributed by atoms with Crippen molar-refractivity contribution >= 4 is 0 Å². The van der Waals surface area contributed by atoms with Gasteiger partial charge in [-0.05, 0) is 41.7 Å². The third kappa shape index (κ3) is 4.34. The lowest BCUT2D eigenvalue weighted by Crippen LogP contribution is -2.29. The molecule has 0 spiro atoms. The Morgan fingerprint density at radius 1 is 1.00 bits per heavy atom. The fourth-order valence-electron chi connectivity index (χ4n) is 2.44. The van der Waals surface area contributed by atoms with Gasteiger partial charge in [0.25, 0.3) is 0 Å². The largest absolute Gasteiger partial charge is 0.271 e. The van der Waals surface area contributed by atoms with E-state index in [2.05, 4.69) is 24.5 Å². The molecule has 0 aliphatic rings. The Hall–Kier alpha value is -1.78. The third-order valence-corrected chi connectivity index (χ3v) is 3.48. The van der Waals surface area contributed by atoms with Gasteiger partial charge in [-0.3, -0.25) is 11.3 Å². The van der Waals surface area contributed by atoms with Crippen molar-refractivity contribution in [2.24, 2.45) is 5.84 Å². The van der Waals surface area contributed by atoms with Crippen LogP contribution >= 0.6 is 0 Å². The quantitative estimate of drug-likeness (QED) is 0.629. The molecule has 1 unspecified atom stereocenters. The zero-order chi connectivity index (χ0) is 15.2. The van der Waals surface area contributed by atoms with Gasteiger partial charge in [-0.2, -0.15) is 0 Å². The molecule has 4 heteroatoms. The highest BCUT2D eigenvalue weighted by Crippen LogP contribution is 2.20. The highest BCUT2D eigenvalue weighted by molar-refractivity contribution is 5.28. The average Bonchev–Trinajstić information content (AvgIpc) is 2.45. The van der Waals surface area contributed by atoms with Gasteiger partial charge in [0.15, 0.2) is 0 Å². The second-order valence-corrected chi connectivity index (χ2v) is 5.19. The molecule has 0 amide bonds. The van der Waals surface area contributed by atoms with Crippen molar-refractivity contribution in [1.29, 1.82) is 0 Å². The van der Waals surface area contributed by atoms with Gasteiger partial charge < -0.3 is 0 Å². The SMILES string of the molecule is CCCc1ccc(C(Cc2cc(F)cc(F)c2)NN)cc1. The Morgan fingerprint density at radius 3 is 2.14 bits per heavy atom. The van der Waals surface area contributed by atoms with Crippen LogP contribution in [-0.4, -0.2) is 0 Å². The van der Waals surface area contributed by atoms with E-state index in [-0.39, 0.29) is 6.04 Å². The normalized spacial score (nSPS) is 12.4. The van der Waals surface area contributed by atoms with Crippen molar-refractivity contribution in [2.45, 2.75) is 32.2 Å². The molecular weight excluding hydrogens is 270 g/mol. The van der Waals surface area contributed by atoms with Crippen molar-refractivity contribution in [3.63, 3.8) is 0 Å². The molecular formula is C17H20F2N2. The smallest absolute Gasteiger partial charge is 0.126 e. The molecule has 2 rings (SSSR count). The maximum absolute atomic E-state index is 13.2. The maximum atomic E-state index is 13.2. The summed E-state index contributed by atoms with van der Waals surface area (Å²) < 4.78 is 26.5. The minimum absolute atomic E-state index is 0.179. The van der Waals surface area contributed by atoms with E-state index in [1.807, 2.05) is 12.1 Å². The minimum atomic E-state index is -0.570. The van der Waals surface area contributed by atoms with E-state index in [0.717, 1.165) is 24.5 Å². The van der Waals surface area contributed by atoms with Crippen molar-refractivity contribution in [3.8, 4) is 0 Å². The number of hydrogen-bond donors (Lipinski definition) is 2. The molecule has 2 aromatic carbocycles. The monoisotopic (exact) mass is 290 g/mol. The first kappa shape index (κ1) is 15.6. The molecule has 0 saturated heterocycles. The first-order valence-electron chi connectivity index (χ1n) is 7.12. The highest BCUT2D eigenvalue weighted by Gasteiger charge is 2.12. The molecule has 1 atom stereocenters. The molecule has 112 valence electrons. The fourth-order valence-corrected chi connectivity index (χ4v) is 2.44. The molecule has 3 N–H and O–H groups in total. The van der Waals surface area contributed by atoms with Crippen LogP contribution in [0.3, 0.4) is 0 Å². The molecule has 0 radical (unpaired) electrons. The second kappa shape index (κ2) is 7.29. The molecule has 21 heavy (non-hydrogen) atoms. The van der Waals surface area contributed by atoms with Crippen molar-refractivity contribution in [3.05, 3.63) is 70.8 Å². The highest BCUT2D eigenvalue weighted by atomic mass is 19.1. The number of rotatable bonds is 6. The van der Waals surface area contributed by atoms with E-state index in [9.17, 15) is 8.78 Å². The first-order valence-corrected chi connectivity index (χ1v) is 7.12. The van der Waals surface area contributed by atoms with E-state index < -0.39 is 11.6 Å². The van der Waals surface area contributed by atoms with Crippen molar-refractivity contribution in [2.75, 3.05) is 0 Å². The molecule has 0 aliphatic carbocycles. The Labute approximate surface area is 124 Å². The summed E-state index contributed by atoms with van der Waals surface area (Å²) in [5.74, 6) is 4.45. The number of nitrogens with one attached hydrogen (secondary N) is 1. The van der Waals surface area contributed by atoms with Crippen LogP contribution in [0.4, 0.5) is 8.78 Å². The average molecular weight is 290 g/mol. The summed E-state index contributed by atoms with van der Waals surface area (Å²) in [6.07, 6.45) is 2.56. The predicted octanol–water partition coefficient (Wildman–Crippen LogP) is 3.66. The Balaban J connectivity index is 2.15. The number of benzene rings is 2. The summed E-state index contributed by atoms with van der Waals surface area (Å²) in [6.45, 7) is 2.14. The molecule has 0 aromatic heterocycles. The summed E-state index contributed by atoms with van der Waals surface area (Å²) in [5.41, 5.74) is 5.56. The van der Waals surface area contributed by atoms with Gasteiger partial charge >= 0.3 is 0 Å². The van der Waals surface area contributed by atoms with Crippen LogP contribution in [0.2, 0.25) is 0 Å². The third-order valence-electron chi connectivity index (χ3n) is 3.48. The Morgan fingerprint density at radius 2 is 1.62 bits per heavy atom. The summed E-state index contributed by atoms with van der Waals surface area (Å²) in [5, 5.41) is 0. The van der Waals surface area contributed by atoms with Gasteiger partial charge in [-0.25, -0.2) is 8.78 Å². The van der Waals surface area contributed by atoms with Crippen molar-refractivity contribution < 1.29 is 8.78 Å². The molecule has 0 saturated carbocycles. The lowest BCUT2D eigenvalue weighted by molar-refractivity contribution is 0.540. The summed E-state index contributed by atoms with van der Waals surface area (Å²) in [4.78, 5) is 0. The second-order valence-electron chi connectivity index (χ2n) is 5.19. The van der Waals surface area contributed by atoms with E-state index in [1.54, 1.807) is 0 Å². The number of hydrazine groups is 1. The zero-order valence-corrected chi connectivity index (χ0v) is 12.1. The van der Waals surface area contributed by atoms with Gasteiger partial charge in [-0.1, -0.05) is 37.6 Å². The van der Waals surface area contributed by atoms with Gasteiger partial charge in [0.1, 0.15) is 11.6 Å². The number of halogens is 2. The molecule has 2 aromatic rings. The molecule has 2 nitrogen and oxygen atoms in total. The number of aryl methyl sites for hydroxylation is 1. The molecule has 0 aliphatic heterocycles. The number of nitrogens with two attached hydrogens (primary N) is 1. The minimum Gasteiger partial charge on any atom is -0.271 e. The molecule has 0 fully saturated rings. The van der Waals surface area contributed by atoms with Gasteiger partial charge in [0.05, 0.1) is 0 Å². The van der Waals surface area contributed by atoms with Crippen molar-refractivity contribution in [1.82, 2.24) is 5.43 Å². The van der Waals surface area contributed by atoms with E-state index in [4.69, 9.17) is 5.84 Å². The summed E-state index contributed by atoms with van der Waals surface area (Å²) in [7, 11) is 0.